The first-order chi connectivity index (χ1) is 10.6. The molecule has 0 saturated carbocycles. The molecule has 1 N–H and O–H groups in total. The molecule has 0 bridgehead atoms. The lowest BCUT2D eigenvalue weighted by atomic mass is 10.1. The van der Waals surface area contributed by atoms with E-state index in [0.717, 1.165) is 17.8 Å². The van der Waals surface area contributed by atoms with Crippen molar-refractivity contribution < 1.29 is 4.79 Å². The van der Waals surface area contributed by atoms with Gasteiger partial charge in [-0.15, -0.1) is 0 Å². The van der Waals surface area contributed by atoms with Crippen LogP contribution in [0, 0.1) is 0 Å². The van der Waals surface area contributed by atoms with E-state index in [1.54, 1.807) is 0 Å². The van der Waals surface area contributed by atoms with E-state index in [1.165, 1.54) is 5.56 Å². The number of nitrogens with one attached hydrogen (secondary N) is 1. The van der Waals surface area contributed by atoms with Gasteiger partial charge in [-0.2, -0.15) is 0 Å². The number of anilines is 2. The zero-order valence-electron chi connectivity index (χ0n) is 12.6. The van der Waals surface area contributed by atoms with Crippen LogP contribution in [-0.2, 0) is 11.2 Å². The lowest BCUT2D eigenvalue weighted by molar-refractivity contribution is -0.118. The van der Waals surface area contributed by atoms with Crippen molar-refractivity contribution in [1.82, 2.24) is 0 Å². The number of rotatable bonds is 4. The summed E-state index contributed by atoms with van der Waals surface area (Å²) < 4.78 is 0. The molecule has 0 radical (unpaired) electrons. The molecule has 1 aliphatic rings. The van der Waals surface area contributed by atoms with Gasteiger partial charge in [-0.1, -0.05) is 29.8 Å². The minimum atomic E-state index is 0.166. The summed E-state index contributed by atoms with van der Waals surface area (Å²) in [6, 6.07) is 15.9. The largest absolute Gasteiger partial charge is 0.385 e. The fourth-order valence-electron chi connectivity index (χ4n) is 2.95. The molecule has 1 unspecified atom stereocenters. The second-order valence-corrected chi connectivity index (χ2v) is 6.07. The third-order valence-electron chi connectivity index (χ3n) is 3.99. The van der Waals surface area contributed by atoms with Gasteiger partial charge >= 0.3 is 0 Å². The van der Waals surface area contributed by atoms with Crippen molar-refractivity contribution in [2.24, 2.45) is 0 Å². The summed E-state index contributed by atoms with van der Waals surface area (Å²) in [4.78, 5) is 14.5. The Bertz CT molecular complexity index is 669. The van der Waals surface area contributed by atoms with Crippen LogP contribution in [0.25, 0.3) is 0 Å². The molecule has 0 aromatic heterocycles. The summed E-state index contributed by atoms with van der Waals surface area (Å²) in [5, 5.41) is 3.97. The van der Waals surface area contributed by atoms with E-state index in [0.29, 0.717) is 18.0 Å². The molecule has 0 spiro atoms. The van der Waals surface area contributed by atoms with Gasteiger partial charge in [0.05, 0.1) is 0 Å². The summed E-state index contributed by atoms with van der Waals surface area (Å²) in [7, 11) is 0. The fourth-order valence-corrected chi connectivity index (χ4v) is 3.07. The van der Waals surface area contributed by atoms with Gasteiger partial charge in [0, 0.05) is 35.4 Å². The average Bonchev–Trinajstić information content (AvgIpc) is 2.85. The zero-order valence-corrected chi connectivity index (χ0v) is 13.3. The van der Waals surface area contributed by atoms with Gasteiger partial charge in [0.2, 0.25) is 5.91 Å². The molecule has 0 saturated heterocycles. The normalized spacial score (nSPS) is 16.5. The van der Waals surface area contributed by atoms with Gasteiger partial charge in [-0.3, -0.25) is 4.79 Å². The molecule has 3 nitrogen and oxygen atoms in total. The highest BCUT2D eigenvalue weighted by Crippen LogP contribution is 2.32. The van der Waals surface area contributed by atoms with E-state index < -0.39 is 0 Å². The lowest BCUT2D eigenvalue weighted by Gasteiger charge is -2.23. The Kier molecular flexibility index (Phi) is 4.34. The van der Waals surface area contributed by atoms with Crippen molar-refractivity contribution in [2.45, 2.75) is 25.8 Å². The Balaban J connectivity index is 1.59. The molecule has 1 atom stereocenters. The predicted molar refractivity (Wildman–Crippen MR) is 91.7 cm³/mol. The molecule has 2 aromatic carbocycles. The Morgan fingerprint density at radius 3 is 2.73 bits per heavy atom. The van der Waals surface area contributed by atoms with E-state index >= 15 is 0 Å². The van der Waals surface area contributed by atoms with Gasteiger partial charge in [0.15, 0.2) is 0 Å². The highest BCUT2D eigenvalue weighted by atomic mass is 35.5. The van der Waals surface area contributed by atoms with E-state index in [4.69, 9.17) is 11.6 Å². The van der Waals surface area contributed by atoms with Crippen LogP contribution in [0.5, 0.6) is 0 Å². The highest BCUT2D eigenvalue weighted by Gasteiger charge is 2.29. The maximum absolute atomic E-state index is 12.5. The van der Waals surface area contributed by atoms with Crippen LogP contribution in [0.2, 0.25) is 5.02 Å². The number of para-hydroxylation sites is 1. The van der Waals surface area contributed by atoms with Crippen LogP contribution in [0.1, 0.15) is 18.9 Å². The Labute approximate surface area is 135 Å². The van der Waals surface area contributed by atoms with Crippen molar-refractivity contribution in [1.29, 1.82) is 0 Å². The van der Waals surface area contributed by atoms with Gasteiger partial charge in [-0.25, -0.2) is 0 Å². The topological polar surface area (TPSA) is 32.3 Å². The molecule has 1 amide bonds. The SMILES string of the molecule is CC1Cc2ccccc2N1C(=O)CCNc1ccc(Cl)cc1. The van der Waals surface area contributed by atoms with E-state index in [9.17, 15) is 4.79 Å². The standard InChI is InChI=1S/C18H19ClN2O/c1-13-12-14-4-2-3-5-17(14)21(13)18(22)10-11-20-16-8-6-15(19)7-9-16/h2-9,13,20H,10-12H2,1H3. The number of carbonyl (C=O) groups excluding carboxylic acids is 1. The molecule has 0 aliphatic carbocycles. The number of benzene rings is 2. The van der Waals surface area contributed by atoms with Crippen LogP contribution >= 0.6 is 11.6 Å². The third kappa shape index (κ3) is 3.09. The second-order valence-electron chi connectivity index (χ2n) is 5.63. The van der Waals surface area contributed by atoms with Crippen LogP contribution in [0.15, 0.2) is 48.5 Å². The number of fused-ring (bicyclic) bond motifs is 1. The Hall–Kier alpha value is -2.00. The van der Waals surface area contributed by atoms with Crippen LogP contribution in [0.4, 0.5) is 11.4 Å². The molecule has 22 heavy (non-hydrogen) atoms. The Morgan fingerprint density at radius 1 is 1.23 bits per heavy atom. The third-order valence-corrected chi connectivity index (χ3v) is 4.24. The quantitative estimate of drug-likeness (QED) is 0.920. The number of amides is 1. The Morgan fingerprint density at radius 2 is 1.95 bits per heavy atom. The average molecular weight is 315 g/mol. The summed E-state index contributed by atoms with van der Waals surface area (Å²) in [5.74, 6) is 0.166. The summed E-state index contributed by atoms with van der Waals surface area (Å²) in [6.07, 6.45) is 1.41. The maximum atomic E-state index is 12.5. The second kappa shape index (κ2) is 6.41. The van der Waals surface area contributed by atoms with Crippen molar-refractivity contribution in [2.75, 3.05) is 16.8 Å². The van der Waals surface area contributed by atoms with Crippen LogP contribution < -0.4 is 10.2 Å². The predicted octanol–water partition coefficient (Wildman–Crippen LogP) is 4.12. The lowest BCUT2D eigenvalue weighted by Crippen LogP contribution is -2.36. The van der Waals surface area contributed by atoms with Gasteiger partial charge in [0.25, 0.3) is 0 Å². The molecule has 4 heteroatoms. The molecular weight excluding hydrogens is 296 g/mol. The minimum Gasteiger partial charge on any atom is -0.385 e. The van der Waals surface area contributed by atoms with Gasteiger partial charge in [-0.05, 0) is 49.2 Å². The minimum absolute atomic E-state index is 0.166. The van der Waals surface area contributed by atoms with E-state index in [1.807, 2.05) is 47.4 Å². The van der Waals surface area contributed by atoms with Crippen LogP contribution in [-0.4, -0.2) is 18.5 Å². The molecule has 114 valence electrons. The van der Waals surface area contributed by atoms with E-state index in [2.05, 4.69) is 18.3 Å². The fraction of sp³-hybridized carbons (Fsp3) is 0.278. The first-order valence-corrected chi connectivity index (χ1v) is 7.92. The van der Waals surface area contributed by atoms with Gasteiger partial charge in [0.1, 0.15) is 0 Å². The zero-order chi connectivity index (χ0) is 15.5. The number of nitrogens with zero attached hydrogens (tertiary/aromatic N) is 1. The molecule has 2 aromatic rings. The highest BCUT2D eigenvalue weighted by molar-refractivity contribution is 6.30. The molecular formula is C18H19ClN2O. The molecule has 3 rings (SSSR count). The van der Waals surface area contributed by atoms with Gasteiger partial charge < -0.3 is 10.2 Å². The first-order valence-electron chi connectivity index (χ1n) is 7.54. The molecule has 0 fully saturated rings. The number of carbonyl (C=O) groups is 1. The van der Waals surface area contributed by atoms with Crippen LogP contribution in [0.3, 0.4) is 0 Å². The molecule has 1 heterocycles. The van der Waals surface area contributed by atoms with E-state index in [-0.39, 0.29) is 11.9 Å². The molecule has 1 aliphatic heterocycles. The first kappa shape index (κ1) is 14.9. The monoisotopic (exact) mass is 314 g/mol. The summed E-state index contributed by atoms with van der Waals surface area (Å²) in [6.45, 7) is 2.72. The van der Waals surface area contributed by atoms with Crippen molar-refractivity contribution in [3.8, 4) is 0 Å². The number of hydrogen-bond donors (Lipinski definition) is 1. The van der Waals surface area contributed by atoms with Crippen molar-refractivity contribution in [3.05, 3.63) is 59.1 Å². The summed E-state index contributed by atoms with van der Waals surface area (Å²) >= 11 is 5.86. The number of halogens is 1. The summed E-state index contributed by atoms with van der Waals surface area (Å²) in [5.41, 5.74) is 3.30. The van der Waals surface area contributed by atoms with Crippen molar-refractivity contribution in [3.63, 3.8) is 0 Å². The maximum Gasteiger partial charge on any atom is 0.229 e. The van der Waals surface area contributed by atoms with Crippen molar-refractivity contribution >= 4 is 28.9 Å². The number of hydrogen-bond acceptors (Lipinski definition) is 2. The smallest absolute Gasteiger partial charge is 0.229 e.